The molecule has 0 fully saturated rings. The fourth-order valence-electron chi connectivity index (χ4n) is 2.04. The van der Waals surface area contributed by atoms with Crippen LogP contribution in [0.25, 0.3) is 11.4 Å². The number of aromatic nitrogens is 2. The maximum absolute atomic E-state index is 6.17. The second-order valence-corrected chi connectivity index (χ2v) is 5.43. The lowest BCUT2D eigenvalue weighted by molar-refractivity contribution is 1.05. The summed E-state index contributed by atoms with van der Waals surface area (Å²) in [7, 11) is 0. The summed E-state index contributed by atoms with van der Waals surface area (Å²) in [6.45, 7) is 8.19. The van der Waals surface area contributed by atoms with Gasteiger partial charge in [0.25, 0.3) is 0 Å². The van der Waals surface area contributed by atoms with Gasteiger partial charge in [0.2, 0.25) is 0 Å². The Morgan fingerprint density at radius 1 is 0.895 bits per heavy atom. The minimum Gasteiger partial charge on any atom is -0.216 e. The highest BCUT2D eigenvalue weighted by Gasteiger charge is 2.13. The zero-order valence-electron chi connectivity index (χ0n) is 11.5. The molecule has 0 atom stereocenters. The minimum atomic E-state index is 0.440. The molecule has 1 aromatic heterocycles. The fourth-order valence-corrected chi connectivity index (χ4v) is 2.70. The molecule has 100 valence electrons. The van der Waals surface area contributed by atoms with Crippen LogP contribution in [0.5, 0.6) is 0 Å². The van der Waals surface area contributed by atoms with Gasteiger partial charge in [0.05, 0.1) is 0 Å². The molecule has 4 heteroatoms. The largest absolute Gasteiger partial charge is 0.216 e. The first-order valence-electron chi connectivity index (χ1n) is 6.24. The van der Waals surface area contributed by atoms with Gasteiger partial charge in [0, 0.05) is 11.1 Å². The Morgan fingerprint density at radius 2 is 1.42 bits per heavy atom. The van der Waals surface area contributed by atoms with Gasteiger partial charge >= 0.3 is 0 Å². The predicted molar refractivity (Wildman–Crippen MR) is 81.1 cm³/mol. The lowest BCUT2D eigenvalue weighted by atomic mass is 10.0. The van der Waals surface area contributed by atoms with Crippen LogP contribution >= 0.6 is 23.2 Å². The van der Waals surface area contributed by atoms with Crippen molar-refractivity contribution in [3.63, 3.8) is 0 Å². The number of aryl methyl sites for hydroxylation is 3. The molecular formula is C15H16Cl2N2. The van der Waals surface area contributed by atoms with Crippen LogP contribution in [-0.2, 0) is 6.42 Å². The summed E-state index contributed by atoms with van der Waals surface area (Å²) >= 11 is 12.3. The summed E-state index contributed by atoms with van der Waals surface area (Å²) in [6.07, 6.45) is 0.726. The summed E-state index contributed by atoms with van der Waals surface area (Å²) < 4.78 is 0. The van der Waals surface area contributed by atoms with Crippen LogP contribution in [0.15, 0.2) is 12.1 Å². The molecule has 0 unspecified atom stereocenters. The summed E-state index contributed by atoms with van der Waals surface area (Å²) in [5.74, 6) is 0.591. The molecule has 0 saturated carbocycles. The Morgan fingerprint density at radius 3 is 1.95 bits per heavy atom. The van der Waals surface area contributed by atoms with E-state index in [0.29, 0.717) is 16.1 Å². The van der Waals surface area contributed by atoms with E-state index in [1.165, 1.54) is 11.1 Å². The van der Waals surface area contributed by atoms with Crippen molar-refractivity contribution in [3.05, 3.63) is 44.7 Å². The number of nitrogens with zero attached hydrogens (tertiary/aromatic N) is 2. The van der Waals surface area contributed by atoms with Gasteiger partial charge < -0.3 is 0 Å². The van der Waals surface area contributed by atoms with E-state index in [1.54, 1.807) is 0 Å². The number of hydrogen-bond donors (Lipinski definition) is 0. The van der Waals surface area contributed by atoms with Crippen LogP contribution in [0, 0.1) is 20.8 Å². The van der Waals surface area contributed by atoms with Crippen LogP contribution in [0.2, 0.25) is 10.3 Å². The van der Waals surface area contributed by atoms with Crippen molar-refractivity contribution in [2.45, 2.75) is 34.1 Å². The highest BCUT2D eigenvalue weighted by Crippen LogP contribution is 2.29. The van der Waals surface area contributed by atoms with Crippen LogP contribution in [0.1, 0.15) is 29.2 Å². The molecule has 2 rings (SSSR count). The monoisotopic (exact) mass is 294 g/mol. The number of rotatable bonds is 2. The molecule has 0 N–H and O–H groups in total. The third-order valence-corrected chi connectivity index (χ3v) is 3.97. The van der Waals surface area contributed by atoms with Crippen molar-refractivity contribution in [3.8, 4) is 11.4 Å². The Kier molecular flexibility index (Phi) is 4.12. The minimum absolute atomic E-state index is 0.440. The fraction of sp³-hybridized carbons (Fsp3) is 0.333. The molecule has 19 heavy (non-hydrogen) atoms. The zero-order valence-corrected chi connectivity index (χ0v) is 13.0. The molecule has 0 aliphatic rings. The molecule has 0 bridgehead atoms. The average molecular weight is 295 g/mol. The molecule has 0 saturated heterocycles. The molecule has 0 amide bonds. The molecule has 2 aromatic rings. The van der Waals surface area contributed by atoms with E-state index in [4.69, 9.17) is 23.2 Å². The van der Waals surface area contributed by atoms with Gasteiger partial charge in [-0.1, -0.05) is 36.2 Å². The highest BCUT2D eigenvalue weighted by atomic mass is 35.5. The molecule has 1 aromatic carbocycles. The van der Waals surface area contributed by atoms with Crippen molar-refractivity contribution in [2.75, 3.05) is 0 Å². The van der Waals surface area contributed by atoms with E-state index >= 15 is 0 Å². The lowest BCUT2D eigenvalue weighted by Gasteiger charge is -2.11. The number of benzene rings is 1. The standard InChI is InChI=1S/C15H16Cl2N2/c1-5-11-13(16)18-15(19-14(11)17)12-7-9(3)8(2)6-10(12)4/h6-7H,5H2,1-4H3. The Bertz CT molecular complexity index is 613. The van der Waals surface area contributed by atoms with Crippen LogP contribution in [0.4, 0.5) is 0 Å². The van der Waals surface area contributed by atoms with Gasteiger partial charge in [-0.15, -0.1) is 0 Å². The number of hydrogen-bond acceptors (Lipinski definition) is 2. The van der Waals surface area contributed by atoms with E-state index in [0.717, 1.165) is 23.1 Å². The Hall–Kier alpha value is -1.12. The zero-order chi connectivity index (χ0) is 14.2. The predicted octanol–water partition coefficient (Wildman–Crippen LogP) is 4.94. The first-order chi connectivity index (χ1) is 8.93. The highest BCUT2D eigenvalue weighted by molar-refractivity contribution is 6.34. The number of halogens is 2. The Labute approximate surface area is 123 Å². The molecule has 0 aliphatic heterocycles. The third kappa shape index (κ3) is 2.75. The normalized spacial score (nSPS) is 10.8. The summed E-state index contributed by atoms with van der Waals surface area (Å²) in [5, 5.41) is 0.880. The summed E-state index contributed by atoms with van der Waals surface area (Å²) in [6, 6.07) is 4.21. The van der Waals surface area contributed by atoms with E-state index in [-0.39, 0.29) is 0 Å². The van der Waals surface area contributed by atoms with E-state index < -0.39 is 0 Å². The quantitative estimate of drug-likeness (QED) is 0.733. The van der Waals surface area contributed by atoms with E-state index in [2.05, 4.69) is 35.9 Å². The first-order valence-corrected chi connectivity index (χ1v) is 6.99. The van der Waals surface area contributed by atoms with Crippen molar-refractivity contribution in [2.24, 2.45) is 0 Å². The molecule has 0 aliphatic carbocycles. The van der Waals surface area contributed by atoms with Crippen LogP contribution in [-0.4, -0.2) is 9.97 Å². The topological polar surface area (TPSA) is 25.8 Å². The Balaban J connectivity index is 2.63. The third-order valence-electron chi connectivity index (χ3n) is 3.34. The first kappa shape index (κ1) is 14.3. The van der Waals surface area contributed by atoms with Gasteiger partial charge in [-0.3, -0.25) is 0 Å². The van der Waals surface area contributed by atoms with Gasteiger partial charge in [0.15, 0.2) is 5.82 Å². The van der Waals surface area contributed by atoms with Crippen molar-refractivity contribution in [1.29, 1.82) is 0 Å². The average Bonchev–Trinajstić information content (AvgIpc) is 2.33. The molecule has 2 nitrogen and oxygen atoms in total. The molecule has 1 heterocycles. The van der Waals surface area contributed by atoms with Gasteiger partial charge in [-0.05, 0) is 49.9 Å². The maximum Gasteiger partial charge on any atom is 0.162 e. The van der Waals surface area contributed by atoms with Crippen LogP contribution in [0.3, 0.4) is 0 Å². The second-order valence-electron chi connectivity index (χ2n) is 4.71. The molecule has 0 radical (unpaired) electrons. The van der Waals surface area contributed by atoms with E-state index in [1.807, 2.05) is 13.8 Å². The van der Waals surface area contributed by atoms with Gasteiger partial charge in [0.1, 0.15) is 10.3 Å². The SMILES string of the molecule is CCc1c(Cl)nc(-c2cc(C)c(C)cc2C)nc1Cl. The molecule has 0 spiro atoms. The smallest absolute Gasteiger partial charge is 0.162 e. The van der Waals surface area contributed by atoms with Crippen LogP contribution < -0.4 is 0 Å². The van der Waals surface area contributed by atoms with Crippen molar-refractivity contribution < 1.29 is 0 Å². The lowest BCUT2D eigenvalue weighted by Crippen LogP contribution is -1.98. The van der Waals surface area contributed by atoms with Crippen molar-refractivity contribution in [1.82, 2.24) is 9.97 Å². The summed E-state index contributed by atoms with van der Waals surface area (Å²) in [5.41, 5.74) is 5.36. The van der Waals surface area contributed by atoms with Gasteiger partial charge in [-0.2, -0.15) is 0 Å². The second kappa shape index (κ2) is 5.48. The van der Waals surface area contributed by atoms with E-state index in [9.17, 15) is 0 Å². The maximum atomic E-state index is 6.17. The van der Waals surface area contributed by atoms with Crippen molar-refractivity contribution >= 4 is 23.2 Å². The molecular weight excluding hydrogens is 279 g/mol. The summed E-state index contributed by atoms with van der Waals surface area (Å²) in [4.78, 5) is 8.75. The van der Waals surface area contributed by atoms with Gasteiger partial charge in [-0.25, -0.2) is 9.97 Å².